The van der Waals surface area contributed by atoms with Crippen LogP contribution in [0.4, 0.5) is 34.1 Å². The summed E-state index contributed by atoms with van der Waals surface area (Å²) < 4.78 is 79.2. The van der Waals surface area contributed by atoms with Gasteiger partial charge in [-0.1, -0.05) is 116 Å². The van der Waals surface area contributed by atoms with Gasteiger partial charge >= 0.3 is 48.9 Å². The minimum atomic E-state index is -4.69. The number of phenolic OH excluding ortho intramolecular Hbond substituents is 1. The SMILES string of the molecule is CCOc1ccccc1N=C([O-])c1cc2ccccc2c(N=Nc2cc(Cl)cc(CC)c2S(=O)(=O)O)c1[O-].CCOc1ccccc1NC(=O)c1cc2ccccc2c(N=Nc2cc(Cl)cc(CC)c2S(=O)(=O)O)c1O.[Ba+2]. The minimum absolute atomic E-state index is 0. The van der Waals surface area contributed by atoms with Crippen LogP contribution in [0.1, 0.15) is 54.7 Å². The van der Waals surface area contributed by atoms with Crippen LogP contribution in [0.25, 0.3) is 21.5 Å². The van der Waals surface area contributed by atoms with Crippen molar-refractivity contribution in [3.8, 4) is 23.0 Å². The molecule has 8 rings (SSSR count). The molecule has 77 heavy (non-hydrogen) atoms. The van der Waals surface area contributed by atoms with Crippen LogP contribution in [-0.4, -0.2) is 105 Å². The molecular weight excluding hydrogens is 1200 g/mol. The molecule has 0 saturated carbocycles. The number of halogens is 2. The number of amides is 1. The molecular formula is C54H46BaCl2N6O12S2. The molecule has 0 aromatic heterocycles. The van der Waals surface area contributed by atoms with Gasteiger partial charge in [-0.15, -0.1) is 15.3 Å². The monoisotopic (exact) mass is 1240 g/mol. The van der Waals surface area contributed by atoms with E-state index in [1.165, 1.54) is 36.4 Å². The molecule has 0 atom stereocenters. The molecule has 0 aliphatic carbocycles. The first-order valence-corrected chi connectivity index (χ1v) is 26.8. The van der Waals surface area contributed by atoms with E-state index in [0.717, 1.165) is 0 Å². The third kappa shape index (κ3) is 14.2. The van der Waals surface area contributed by atoms with Crippen molar-refractivity contribution in [3.05, 3.63) is 166 Å². The Bertz CT molecular complexity index is 3860. The number of nitrogens with zero attached hydrogens (tertiary/aromatic N) is 5. The molecule has 0 saturated heterocycles. The summed E-state index contributed by atoms with van der Waals surface area (Å²) in [6, 6.07) is 35.4. The molecule has 0 radical (unpaired) electrons. The van der Waals surface area contributed by atoms with E-state index >= 15 is 0 Å². The number of phenols is 1. The zero-order valence-corrected chi connectivity index (χ0v) is 49.1. The average Bonchev–Trinajstić information content (AvgIpc) is 3.39. The third-order valence-electron chi connectivity index (χ3n) is 11.3. The van der Waals surface area contributed by atoms with E-state index in [0.29, 0.717) is 51.9 Å². The Morgan fingerprint density at radius 3 is 1.58 bits per heavy atom. The summed E-state index contributed by atoms with van der Waals surface area (Å²) >= 11 is 12.3. The minimum Gasteiger partial charge on any atom is -0.871 e. The van der Waals surface area contributed by atoms with Crippen LogP contribution in [0.3, 0.4) is 0 Å². The number of hydrogen-bond acceptors (Lipinski definition) is 15. The number of aromatic hydroxyl groups is 1. The normalized spacial score (nSPS) is 11.9. The Morgan fingerprint density at radius 2 is 1.05 bits per heavy atom. The second-order valence-electron chi connectivity index (χ2n) is 16.3. The van der Waals surface area contributed by atoms with E-state index in [-0.39, 0.29) is 122 Å². The molecule has 0 heterocycles. The Balaban J connectivity index is 0.000000246. The summed E-state index contributed by atoms with van der Waals surface area (Å²) in [5.41, 5.74) is 0.121. The average molecular weight is 1240 g/mol. The van der Waals surface area contributed by atoms with E-state index in [4.69, 9.17) is 32.7 Å². The number of fused-ring (bicyclic) bond motifs is 2. The predicted molar refractivity (Wildman–Crippen MR) is 294 cm³/mol. The van der Waals surface area contributed by atoms with Crippen LogP contribution in [0.5, 0.6) is 23.0 Å². The van der Waals surface area contributed by atoms with Gasteiger partial charge in [-0.25, -0.2) is 0 Å². The molecule has 1 amide bonds. The van der Waals surface area contributed by atoms with Crippen molar-refractivity contribution in [1.29, 1.82) is 0 Å². The zero-order valence-electron chi connectivity index (χ0n) is 41.6. The summed E-state index contributed by atoms with van der Waals surface area (Å²) in [7, 11) is -9.35. The maximum atomic E-state index is 13.5. The molecule has 8 aromatic carbocycles. The van der Waals surface area contributed by atoms with Crippen molar-refractivity contribution in [2.24, 2.45) is 25.4 Å². The Morgan fingerprint density at radius 1 is 0.597 bits per heavy atom. The Hall–Kier alpha value is -6.41. The quantitative estimate of drug-likeness (QED) is 0.0231. The second-order valence-corrected chi connectivity index (χ2v) is 19.8. The van der Waals surface area contributed by atoms with Crippen molar-refractivity contribution in [2.45, 2.75) is 50.3 Å². The molecule has 23 heteroatoms. The predicted octanol–water partition coefficient (Wildman–Crippen LogP) is 12.3. The molecule has 18 nitrogen and oxygen atoms in total. The van der Waals surface area contributed by atoms with Gasteiger partial charge in [-0.2, -0.15) is 21.9 Å². The van der Waals surface area contributed by atoms with Crippen LogP contribution in [0, 0.1) is 0 Å². The van der Waals surface area contributed by atoms with Gasteiger partial charge in [0.15, 0.2) is 5.75 Å². The molecule has 392 valence electrons. The van der Waals surface area contributed by atoms with Crippen LogP contribution < -0.4 is 25.0 Å². The Labute approximate surface area is 493 Å². The van der Waals surface area contributed by atoms with E-state index in [1.54, 1.807) is 118 Å². The fourth-order valence-electron chi connectivity index (χ4n) is 7.94. The number of aryl methyl sites for hydroxylation is 2. The van der Waals surface area contributed by atoms with E-state index in [1.807, 2.05) is 6.92 Å². The van der Waals surface area contributed by atoms with E-state index in [9.17, 15) is 46.1 Å². The number of carbonyl (C=O) groups is 1. The van der Waals surface area contributed by atoms with Crippen molar-refractivity contribution >= 4 is 160 Å². The first-order chi connectivity index (χ1) is 36.3. The van der Waals surface area contributed by atoms with Crippen molar-refractivity contribution in [1.82, 2.24) is 0 Å². The van der Waals surface area contributed by atoms with Gasteiger partial charge in [-0.05, 0) is 121 Å². The summed E-state index contributed by atoms with van der Waals surface area (Å²) in [4.78, 5) is 16.4. The summed E-state index contributed by atoms with van der Waals surface area (Å²) in [6.07, 6.45) is 0.494. The maximum absolute atomic E-state index is 13.5. The number of para-hydroxylation sites is 4. The fraction of sp³-hybridized carbons (Fsp3) is 0.148. The van der Waals surface area contributed by atoms with Crippen molar-refractivity contribution in [3.63, 3.8) is 0 Å². The number of anilines is 1. The standard InChI is InChI=1S/2C27H24ClN3O6S.Ba/c2*1-3-16-13-18(28)15-22(26(16)38(34,35)36)30-31-24-19-10-6-5-9-17(19)14-20(25(24)32)27(33)29-21-11-7-8-12-23(21)37-4-2;/h2*5-15,32H,3-4H2,1-2H3,(H,29,33)(H,34,35,36);/q;;+2/p-2. The van der Waals surface area contributed by atoms with Gasteiger partial charge < -0.3 is 30.1 Å². The first kappa shape index (κ1) is 59.8. The number of azo groups is 2. The van der Waals surface area contributed by atoms with Crippen LogP contribution >= 0.6 is 23.2 Å². The third-order valence-corrected chi connectivity index (χ3v) is 13.7. The van der Waals surface area contributed by atoms with Gasteiger partial charge in [0.2, 0.25) is 0 Å². The van der Waals surface area contributed by atoms with Gasteiger partial charge in [-0.3, -0.25) is 18.9 Å². The summed E-state index contributed by atoms with van der Waals surface area (Å²) in [5.74, 6) is -1.78. The number of aliphatic imine (C=N–C) groups is 1. The molecule has 0 aliphatic heterocycles. The van der Waals surface area contributed by atoms with Crippen molar-refractivity contribution in [2.75, 3.05) is 18.5 Å². The maximum Gasteiger partial charge on any atom is 2.00 e. The number of nitrogens with one attached hydrogen (secondary N) is 1. The molecule has 0 bridgehead atoms. The van der Waals surface area contributed by atoms with Gasteiger partial charge in [0, 0.05) is 20.8 Å². The van der Waals surface area contributed by atoms with E-state index in [2.05, 4.69) is 30.8 Å². The smallest absolute Gasteiger partial charge is 0.871 e. The largest absolute Gasteiger partial charge is 2.00 e. The van der Waals surface area contributed by atoms with Crippen molar-refractivity contribution < 1.29 is 55.5 Å². The molecule has 4 N–H and O–H groups in total. The molecule has 0 unspecified atom stereocenters. The van der Waals surface area contributed by atoms with E-state index < -0.39 is 53.3 Å². The molecule has 0 fully saturated rings. The number of ether oxygens (including phenoxy) is 2. The zero-order chi connectivity index (χ0) is 54.9. The van der Waals surface area contributed by atoms with Crippen LogP contribution in [0.2, 0.25) is 10.0 Å². The second kappa shape index (κ2) is 26.3. The molecule has 0 spiro atoms. The fourth-order valence-corrected chi connectivity index (χ4v) is 10.2. The van der Waals surface area contributed by atoms with Crippen LogP contribution in [0.15, 0.2) is 169 Å². The number of benzene rings is 8. The van der Waals surface area contributed by atoms with Gasteiger partial charge in [0.25, 0.3) is 26.1 Å². The van der Waals surface area contributed by atoms with Gasteiger partial charge in [0.05, 0.1) is 30.2 Å². The molecule has 8 aromatic rings. The molecule has 0 aliphatic rings. The number of rotatable bonds is 16. The van der Waals surface area contributed by atoms with Gasteiger partial charge in [0.1, 0.15) is 44.0 Å². The Kier molecular flexibility index (Phi) is 20.4. The summed E-state index contributed by atoms with van der Waals surface area (Å²) in [5, 5.41) is 59.0. The number of carbonyl (C=O) groups excluding carboxylic acids is 1. The topological polar surface area (TPSA) is 284 Å². The summed E-state index contributed by atoms with van der Waals surface area (Å²) in [6.45, 7) is 7.77. The number of hydrogen-bond donors (Lipinski definition) is 4. The first-order valence-electron chi connectivity index (χ1n) is 23.2. The van der Waals surface area contributed by atoms with Crippen LogP contribution in [-0.2, 0) is 33.1 Å².